The Morgan fingerprint density at radius 2 is 1.68 bits per heavy atom. The molecule has 1 aliphatic heterocycles. The first-order valence-electron chi connectivity index (χ1n) is 13.0. The number of amidine groups is 1. The molecule has 19 heteroatoms. The number of imidazole rings is 1. The van der Waals surface area contributed by atoms with Crippen LogP contribution in [0.25, 0.3) is 16.9 Å². The largest absolute Gasteiger partial charge is 0.418 e. The number of halogens is 9. The number of alkyl halides is 3. The quantitative estimate of drug-likeness (QED) is 0.202. The highest BCUT2D eigenvalue weighted by molar-refractivity contribution is 8.45. The van der Waals surface area contributed by atoms with Crippen LogP contribution in [0.3, 0.4) is 0 Å². The highest BCUT2D eigenvalue weighted by Gasteiger charge is 2.65. The zero-order chi connectivity index (χ0) is 34.6. The number of aromatic nitrogens is 2. The van der Waals surface area contributed by atoms with Gasteiger partial charge in [0.05, 0.1) is 34.7 Å². The van der Waals surface area contributed by atoms with E-state index < -0.39 is 50.3 Å². The first kappa shape index (κ1) is 33.7. The molecule has 5 rings (SSSR count). The van der Waals surface area contributed by atoms with E-state index >= 15 is 4.39 Å². The van der Waals surface area contributed by atoms with Crippen LogP contribution < -0.4 is 15.1 Å². The van der Waals surface area contributed by atoms with Crippen LogP contribution in [0, 0.1) is 5.82 Å². The number of aliphatic imine (C=N–C) groups is 1. The number of carbonyl (C=O) groups excluding carboxylic acids is 2. The van der Waals surface area contributed by atoms with Crippen LogP contribution in [0.4, 0.5) is 58.8 Å². The van der Waals surface area contributed by atoms with Gasteiger partial charge in [0.15, 0.2) is 5.17 Å². The summed E-state index contributed by atoms with van der Waals surface area (Å²) in [6.45, 7) is 0. The molecule has 1 saturated heterocycles. The van der Waals surface area contributed by atoms with E-state index in [-0.39, 0.29) is 45.7 Å². The fourth-order valence-corrected chi connectivity index (χ4v) is 5.91. The van der Waals surface area contributed by atoms with Crippen molar-refractivity contribution in [2.75, 3.05) is 35.0 Å². The molecule has 2 heterocycles. The van der Waals surface area contributed by atoms with E-state index in [2.05, 4.69) is 15.3 Å². The van der Waals surface area contributed by atoms with Crippen LogP contribution in [-0.4, -0.2) is 46.5 Å². The minimum atomic E-state index is -9.85. The molecule has 0 bridgehead atoms. The Balaban J connectivity index is 1.35. The zero-order valence-corrected chi connectivity index (χ0v) is 25.5. The SMILES string of the molecule is CN(C)c1ccc(C(F)(F)F)c(N2C(=O)CS/C2=N\C(=O)Nc2ccc(-c3cn(-c4ccc(S(F)(F)(F)(F)F)cc4)cn3)cc2F)c1. The van der Waals surface area contributed by atoms with Crippen LogP contribution >= 0.6 is 22.0 Å². The first-order chi connectivity index (χ1) is 21.6. The highest BCUT2D eigenvalue weighted by Crippen LogP contribution is 3.02. The molecule has 4 aromatic rings. The molecule has 3 amide bonds. The Hall–Kier alpha value is -4.65. The Kier molecular flexibility index (Phi) is 7.86. The van der Waals surface area contributed by atoms with Crippen molar-refractivity contribution in [1.82, 2.24) is 9.55 Å². The predicted octanol–water partition coefficient (Wildman–Crippen LogP) is 9.09. The fourth-order valence-electron chi connectivity index (χ4n) is 4.40. The van der Waals surface area contributed by atoms with Crippen molar-refractivity contribution in [1.29, 1.82) is 0 Å². The fraction of sp³-hybridized carbons (Fsp3) is 0.143. The second-order valence-electron chi connectivity index (χ2n) is 10.3. The summed E-state index contributed by atoms with van der Waals surface area (Å²) in [6, 6.07) is 7.54. The molecule has 0 aliphatic carbocycles. The lowest BCUT2D eigenvalue weighted by Crippen LogP contribution is -2.32. The molecule has 0 spiro atoms. The first-order valence-corrected chi connectivity index (χ1v) is 16.0. The number of anilines is 3. The second-order valence-corrected chi connectivity index (χ2v) is 13.6. The Bertz CT molecular complexity index is 1930. The van der Waals surface area contributed by atoms with Gasteiger partial charge < -0.3 is 14.8 Å². The highest BCUT2D eigenvalue weighted by atomic mass is 32.5. The standard InChI is InChI=1S/C28H21F9N6O2S2/c1-41(2)18-6-9-20(28(30,31)32)24(12-18)43-25(44)14-46-27(43)40-26(45)39-22-10-3-16(11-21(22)29)23-13-42(15-38-23)17-4-7-19(8-5-17)47(33,34,35,36)37/h3-13,15H,14H2,1-2H3,(H,39,45)/b40-27-. The zero-order valence-electron chi connectivity index (χ0n) is 23.9. The van der Waals surface area contributed by atoms with Crippen LogP contribution in [0.1, 0.15) is 5.56 Å². The number of carbonyl (C=O) groups is 2. The summed E-state index contributed by atoms with van der Waals surface area (Å²) in [5.74, 6) is -2.03. The van der Waals surface area contributed by atoms with Gasteiger partial charge in [-0.05, 0) is 54.6 Å². The number of hydrogen-bond acceptors (Lipinski definition) is 5. The topological polar surface area (TPSA) is 82.8 Å². The molecule has 3 aromatic carbocycles. The van der Waals surface area contributed by atoms with E-state index in [9.17, 15) is 42.2 Å². The average molecular weight is 709 g/mol. The van der Waals surface area contributed by atoms with E-state index in [0.717, 1.165) is 48.2 Å². The Morgan fingerprint density at radius 3 is 2.28 bits per heavy atom. The summed E-state index contributed by atoms with van der Waals surface area (Å²) in [4.78, 5) is 33.3. The molecule has 0 unspecified atom stereocenters. The lowest BCUT2D eigenvalue weighted by Gasteiger charge is -2.40. The smallest absolute Gasteiger partial charge is 0.378 e. The summed E-state index contributed by atoms with van der Waals surface area (Å²) < 4.78 is 123. The molecule has 0 atom stereocenters. The molecule has 1 N–H and O–H groups in total. The number of benzene rings is 3. The maximum atomic E-state index is 15.0. The van der Waals surface area contributed by atoms with Crippen molar-refractivity contribution in [2.45, 2.75) is 11.1 Å². The van der Waals surface area contributed by atoms with E-state index in [1.54, 1.807) is 14.1 Å². The van der Waals surface area contributed by atoms with Crippen LogP contribution in [0.5, 0.6) is 0 Å². The van der Waals surface area contributed by atoms with E-state index in [1.165, 1.54) is 34.1 Å². The average Bonchev–Trinajstić information content (AvgIpc) is 3.59. The number of thioether (sulfide) groups is 1. The van der Waals surface area contributed by atoms with Gasteiger partial charge in [0.2, 0.25) is 5.91 Å². The second kappa shape index (κ2) is 11.0. The molecule has 8 nitrogen and oxygen atoms in total. The number of nitrogens with one attached hydrogen (secondary N) is 1. The van der Waals surface area contributed by atoms with Crippen molar-refractivity contribution < 1.29 is 46.6 Å². The molecule has 0 saturated carbocycles. The molecule has 250 valence electrons. The van der Waals surface area contributed by atoms with Crippen molar-refractivity contribution in [2.24, 2.45) is 4.99 Å². The predicted molar refractivity (Wildman–Crippen MR) is 163 cm³/mol. The van der Waals surface area contributed by atoms with E-state index in [1.807, 2.05) is 0 Å². The van der Waals surface area contributed by atoms with Gasteiger partial charge in [0, 0.05) is 37.2 Å². The van der Waals surface area contributed by atoms with Crippen LogP contribution in [-0.2, 0) is 11.0 Å². The van der Waals surface area contributed by atoms with Gasteiger partial charge in [-0.15, -0.1) is 0 Å². The number of urea groups is 1. The van der Waals surface area contributed by atoms with Gasteiger partial charge in [0.25, 0.3) is 0 Å². The maximum Gasteiger partial charge on any atom is 0.418 e. The van der Waals surface area contributed by atoms with Crippen molar-refractivity contribution >= 4 is 56.2 Å². The molecule has 47 heavy (non-hydrogen) atoms. The lowest BCUT2D eigenvalue weighted by atomic mass is 10.1. The number of rotatable bonds is 6. The number of nitrogens with zero attached hydrogens (tertiary/aromatic N) is 5. The summed E-state index contributed by atoms with van der Waals surface area (Å²) in [7, 11) is -6.67. The summed E-state index contributed by atoms with van der Waals surface area (Å²) >= 11 is 0.721. The van der Waals surface area contributed by atoms with Crippen LogP contribution in [0.15, 0.2) is 83.1 Å². The van der Waals surface area contributed by atoms with Gasteiger partial charge in [0.1, 0.15) is 10.7 Å². The summed E-state index contributed by atoms with van der Waals surface area (Å²) in [6.07, 6.45) is -2.37. The summed E-state index contributed by atoms with van der Waals surface area (Å²) in [5, 5.41) is 1.82. The molecule has 1 fully saturated rings. The molecular weight excluding hydrogens is 687 g/mol. The monoisotopic (exact) mass is 708 g/mol. The van der Waals surface area contributed by atoms with E-state index in [4.69, 9.17) is 0 Å². The van der Waals surface area contributed by atoms with Gasteiger partial charge in [-0.25, -0.2) is 14.2 Å². The Labute approximate surface area is 264 Å². The number of amides is 3. The number of hydrogen-bond donors (Lipinski definition) is 1. The van der Waals surface area contributed by atoms with Gasteiger partial charge in [-0.1, -0.05) is 37.3 Å². The molecular formula is C28H21F9N6O2S2. The van der Waals surface area contributed by atoms with Crippen LogP contribution in [0.2, 0.25) is 0 Å². The normalized spacial score (nSPS) is 16.3. The van der Waals surface area contributed by atoms with Crippen molar-refractivity contribution in [3.63, 3.8) is 0 Å². The maximum absolute atomic E-state index is 15.0. The minimum Gasteiger partial charge on any atom is -0.378 e. The van der Waals surface area contributed by atoms with Gasteiger partial charge in [-0.2, -0.15) is 18.2 Å². The third-order valence-electron chi connectivity index (χ3n) is 6.68. The minimum absolute atomic E-state index is 0.0610. The molecule has 1 aromatic heterocycles. The molecule has 0 radical (unpaired) electrons. The van der Waals surface area contributed by atoms with E-state index in [0.29, 0.717) is 10.6 Å². The third-order valence-corrected chi connectivity index (χ3v) is 8.76. The Morgan fingerprint density at radius 1 is 1.00 bits per heavy atom. The van der Waals surface area contributed by atoms with Crippen molar-refractivity contribution in [3.8, 4) is 16.9 Å². The van der Waals surface area contributed by atoms with Crippen molar-refractivity contribution in [3.05, 3.63) is 84.6 Å². The lowest BCUT2D eigenvalue weighted by molar-refractivity contribution is -0.137. The third kappa shape index (κ3) is 7.35. The summed E-state index contributed by atoms with van der Waals surface area (Å²) in [5.41, 5.74) is -1.33. The van der Waals surface area contributed by atoms with Gasteiger partial charge in [-0.3, -0.25) is 9.69 Å². The molecule has 1 aliphatic rings. The van der Waals surface area contributed by atoms with Gasteiger partial charge >= 0.3 is 22.4 Å².